The van der Waals surface area contributed by atoms with E-state index in [1.165, 1.54) is 48.5 Å². The summed E-state index contributed by atoms with van der Waals surface area (Å²) >= 11 is 0. The fraction of sp³-hybridized carbons (Fsp3) is 0.0769. The zero-order valence-corrected chi connectivity index (χ0v) is 18.8. The van der Waals surface area contributed by atoms with Crippen molar-refractivity contribution in [3.05, 3.63) is 82.9 Å². The molecule has 4 N–H and O–H groups in total. The van der Waals surface area contributed by atoms with Crippen LogP contribution in [0.4, 0.5) is 5.95 Å². The summed E-state index contributed by atoms with van der Waals surface area (Å²) in [5.41, 5.74) is 1.20. The third-order valence-electron chi connectivity index (χ3n) is 6.24. The number of nitrogens with zero attached hydrogens (tertiary/aromatic N) is 2. The average molecular weight is 499 g/mol. The van der Waals surface area contributed by atoms with Crippen LogP contribution in [0.1, 0.15) is 27.5 Å². The first kappa shape index (κ1) is 22.2. The minimum atomic E-state index is -1.13. The Morgan fingerprint density at radius 3 is 2.43 bits per heavy atom. The molecular formula is C26H17N3O8. The van der Waals surface area contributed by atoms with Gasteiger partial charge in [-0.2, -0.15) is 0 Å². The number of rotatable bonds is 4. The highest BCUT2D eigenvalue weighted by atomic mass is 16.7. The average Bonchev–Trinajstić information content (AvgIpc) is 3.59. The number of anilines is 1. The lowest BCUT2D eigenvalue weighted by Crippen LogP contribution is -2.30. The molecule has 0 radical (unpaired) electrons. The van der Waals surface area contributed by atoms with Gasteiger partial charge in [-0.3, -0.25) is 14.5 Å². The number of aromatic amines is 1. The van der Waals surface area contributed by atoms with Gasteiger partial charge < -0.3 is 29.8 Å². The van der Waals surface area contributed by atoms with Crippen molar-refractivity contribution in [3.63, 3.8) is 0 Å². The number of hydrogen-bond acceptors (Lipinski definition) is 8. The van der Waals surface area contributed by atoms with Gasteiger partial charge in [0.1, 0.15) is 11.5 Å². The first-order valence-electron chi connectivity index (χ1n) is 11.0. The molecule has 11 nitrogen and oxygen atoms in total. The van der Waals surface area contributed by atoms with Crippen molar-refractivity contribution in [3.8, 4) is 17.2 Å². The number of carbonyl (C=O) groups excluding carboxylic acids is 2. The Hall–Kier alpha value is -5.32. The summed E-state index contributed by atoms with van der Waals surface area (Å²) in [6, 6.07) is 13.6. The summed E-state index contributed by atoms with van der Waals surface area (Å²) in [5, 5.41) is 30.4. The number of aromatic hydroxyl groups is 1. The molecule has 1 saturated heterocycles. The monoisotopic (exact) mass is 499 g/mol. The molecule has 1 unspecified atom stereocenters. The lowest BCUT2D eigenvalue weighted by Gasteiger charge is -2.23. The van der Waals surface area contributed by atoms with Gasteiger partial charge in [0, 0.05) is 5.56 Å². The zero-order valence-electron chi connectivity index (χ0n) is 18.8. The smallest absolute Gasteiger partial charge is 0.335 e. The number of hydrogen-bond donors (Lipinski definition) is 4. The molecule has 184 valence electrons. The second kappa shape index (κ2) is 8.12. The van der Waals surface area contributed by atoms with E-state index in [2.05, 4.69) is 9.97 Å². The number of Topliss-reactive ketones (excluding diaryl/α,β-unsaturated/α-hetero) is 1. The van der Waals surface area contributed by atoms with E-state index in [4.69, 9.17) is 9.47 Å². The number of nitrogens with one attached hydrogen (secondary N) is 1. The molecule has 0 bridgehead atoms. The predicted molar refractivity (Wildman–Crippen MR) is 129 cm³/mol. The molecule has 2 aliphatic heterocycles. The summed E-state index contributed by atoms with van der Waals surface area (Å²) < 4.78 is 10.7. The molecule has 0 aliphatic carbocycles. The molecule has 6 rings (SSSR count). The molecule has 3 heterocycles. The summed E-state index contributed by atoms with van der Waals surface area (Å²) in [5.74, 6) is -2.63. The number of aromatic nitrogens is 2. The minimum Gasteiger partial charge on any atom is -0.508 e. The normalized spacial score (nSPS) is 18.1. The molecule has 3 aromatic carbocycles. The fourth-order valence-electron chi connectivity index (χ4n) is 4.47. The molecule has 1 amide bonds. The summed E-state index contributed by atoms with van der Waals surface area (Å²) in [4.78, 5) is 46.4. The largest absolute Gasteiger partial charge is 0.508 e. The summed E-state index contributed by atoms with van der Waals surface area (Å²) in [6.07, 6.45) is 0. The number of benzene rings is 3. The van der Waals surface area contributed by atoms with Crippen LogP contribution in [0.25, 0.3) is 16.8 Å². The van der Waals surface area contributed by atoms with Crippen LogP contribution in [-0.4, -0.2) is 49.7 Å². The first-order chi connectivity index (χ1) is 17.8. The van der Waals surface area contributed by atoms with Crippen LogP contribution in [0, 0.1) is 0 Å². The molecule has 37 heavy (non-hydrogen) atoms. The van der Waals surface area contributed by atoms with Gasteiger partial charge in [-0.05, 0) is 54.1 Å². The number of amides is 1. The number of carboxylic acids is 1. The van der Waals surface area contributed by atoms with Crippen LogP contribution in [0.5, 0.6) is 17.2 Å². The highest BCUT2D eigenvalue weighted by Crippen LogP contribution is 2.43. The molecule has 1 atom stereocenters. The summed E-state index contributed by atoms with van der Waals surface area (Å²) in [6.45, 7) is 0.0209. The predicted octanol–water partition coefficient (Wildman–Crippen LogP) is 3.32. The quantitative estimate of drug-likeness (QED) is 0.187. The number of aliphatic hydroxyl groups excluding tert-OH is 1. The molecular weight excluding hydrogens is 482 g/mol. The van der Waals surface area contributed by atoms with E-state index < -0.39 is 29.5 Å². The van der Waals surface area contributed by atoms with Gasteiger partial charge >= 0.3 is 11.9 Å². The van der Waals surface area contributed by atoms with E-state index in [-0.39, 0.29) is 35.2 Å². The Kier molecular flexibility index (Phi) is 4.87. The lowest BCUT2D eigenvalue weighted by atomic mass is 9.95. The molecule has 0 saturated carbocycles. The number of aliphatic hydroxyl groups is 1. The second-order valence-electron chi connectivity index (χ2n) is 8.43. The van der Waals surface area contributed by atoms with Gasteiger partial charge in [0.15, 0.2) is 11.5 Å². The van der Waals surface area contributed by atoms with Gasteiger partial charge in [0.25, 0.3) is 5.78 Å². The maximum atomic E-state index is 13.3. The SMILES string of the molecule is O=C1C(=O)N(c2nc3ccc(C(=O)O)cc3[nH]2)C(c2ccc(O)cc2)/C1=C(\O)c1ccc2c(c1)OCO2. The van der Waals surface area contributed by atoms with E-state index in [9.17, 15) is 29.7 Å². The minimum absolute atomic E-state index is 0.0116. The molecule has 4 aromatic rings. The van der Waals surface area contributed by atoms with Crippen molar-refractivity contribution in [2.45, 2.75) is 6.04 Å². The van der Waals surface area contributed by atoms with Gasteiger partial charge in [-0.1, -0.05) is 12.1 Å². The van der Waals surface area contributed by atoms with Crippen LogP contribution < -0.4 is 14.4 Å². The number of fused-ring (bicyclic) bond motifs is 2. The Labute approximate surface area is 207 Å². The van der Waals surface area contributed by atoms with Crippen LogP contribution in [0.3, 0.4) is 0 Å². The third-order valence-corrected chi connectivity index (χ3v) is 6.24. The number of ether oxygens (including phenoxy) is 2. The second-order valence-corrected chi connectivity index (χ2v) is 8.43. The fourth-order valence-corrected chi connectivity index (χ4v) is 4.47. The number of phenols is 1. The maximum absolute atomic E-state index is 13.3. The van der Waals surface area contributed by atoms with Crippen LogP contribution >= 0.6 is 0 Å². The Morgan fingerprint density at radius 2 is 1.68 bits per heavy atom. The Balaban J connectivity index is 1.53. The highest BCUT2D eigenvalue weighted by Gasteiger charge is 2.48. The van der Waals surface area contributed by atoms with Crippen molar-refractivity contribution < 1.29 is 39.2 Å². The maximum Gasteiger partial charge on any atom is 0.335 e. The third kappa shape index (κ3) is 3.52. The van der Waals surface area contributed by atoms with E-state index in [1.54, 1.807) is 12.1 Å². The van der Waals surface area contributed by atoms with E-state index >= 15 is 0 Å². The molecule has 2 aliphatic rings. The number of aromatic carboxylic acids is 1. The summed E-state index contributed by atoms with van der Waals surface area (Å²) in [7, 11) is 0. The number of ketones is 1. The number of carboxylic acid groups (broad SMARTS) is 1. The number of imidazole rings is 1. The van der Waals surface area contributed by atoms with Crippen molar-refractivity contribution in [1.29, 1.82) is 0 Å². The van der Waals surface area contributed by atoms with E-state index in [0.29, 0.717) is 28.1 Å². The Bertz CT molecular complexity index is 1650. The number of phenolic OH excluding ortho intramolecular Hbond substituents is 1. The molecule has 1 aromatic heterocycles. The number of carbonyl (C=O) groups is 3. The lowest BCUT2D eigenvalue weighted by molar-refractivity contribution is -0.132. The van der Waals surface area contributed by atoms with E-state index in [1.807, 2.05) is 0 Å². The first-order valence-corrected chi connectivity index (χ1v) is 11.0. The Morgan fingerprint density at radius 1 is 0.946 bits per heavy atom. The van der Waals surface area contributed by atoms with Gasteiger partial charge in [-0.25, -0.2) is 9.78 Å². The van der Waals surface area contributed by atoms with Crippen molar-refractivity contribution in [1.82, 2.24) is 9.97 Å². The van der Waals surface area contributed by atoms with Crippen LogP contribution in [0.15, 0.2) is 66.2 Å². The van der Waals surface area contributed by atoms with Gasteiger partial charge in [0.2, 0.25) is 12.7 Å². The molecule has 0 spiro atoms. The van der Waals surface area contributed by atoms with Crippen molar-refractivity contribution in [2.24, 2.45) is 0 Å². The van der Waals surface area contributed by atoms with Gasteiger partial charge in [0.05, 0.1) is 28.2 Å². The standard InChI is InChI=1S/C26H17N3O8/c30-15-5-1-12(2-6-15)21-20(22(31)13-4-8-18-19(10-13)37-11-36-18)23(32)24(33)29(21)26-27-16-7-3-14(25(34)35)9-17(16)28-26/h1-10,21,30-31H,11H2,(H,27,28)(H,34,35)/b22-20+. The van der Waals surface area contributed by atoms with Crippen LogP contribution in [0.2, 0.25) is 0 Å². The van der Waals surface area contributed by atoms with Crippen molar-refractivity contribution in [2.75, 3.05) is 11.7 Å². The van der Waals surface area contributed by atoms with Crippen molar-refractivity contribution >= 4 is 40.4 Å². The highest BCUT2D eigenvalue weighted by molar-refractivity contribution is 6.51. The zero-order chi connectivity index (χ0) is 25.8. The molecule has 1 fully saturated rings. The topological polar surface area (TPSA) is 162 Å². The van der Waals surface area contributed by atoms with E-state index in [0.717, 1.165) is 4.90 Å². The molecule has 11 heteroatoms. The van der Waals surface area contributed by atoms with Crippen LogP contribution in [-0.2, 0) is 9.59 Å². The number of H-pyrrole nitrogens is 1. The van der Waals surface area contributed by atoms with Gasteiger partial charge in [-0.15, -0.1) is 0 Å².